The molecular weight excluding hydrogens is 464 g/mol. The Morgan fingerprint density at radius 1 is 1.21 bits per heavy atom. The molecule has 0 bridgehead atoms. The van der Waals surface area contributed by atoms with E-state index in [9.17, 15) is 22.4 Å². The summed E-state index contributed by atoms with van der Waals surface area (Å²) in [5, 5.41) is 16.7. The average Bonchev–Trinajstić information content (AvgIpc) is 3.17. The van der Waals surface area contributed by atoms with E-state index in [0.29, 0.717) is 28.1 Å². The zero-order valence-electron chi connectivity index (χ0n) is 17.0. The lowest BCUT2D eigenvalue weighted by Gasteiger charge is -2.07. The minimum Gasteiger partial charge on any atom is -0.481 e. The fourth-order valence-electron chi connectivity index (χ4n) is 2.83. The molecule has 0 aliphatic heterocycles. The van der Waals surface area contributed by atoms with Crippen molar-refractivity contribution >= 4 is 23.9 Å². The topological polar surface area (TPSA) is 84.9 Å². The number of carboxylic acid groups (broad SMARTS) is 1. The van der Waals surface area contributed by atoms with Gasteiger partial charge in [0.1, 0.15) is 19.0 Å². The molecule has 0 atom stereocenters. The van der Waals surface area contributed by atoms with Crippen molar-refractivity contribution in [2.24, 2.45) is 5.16 Å². The molecule has 33 heavy (non-hydrogen) atoms. The smallest absolute Gasteiger partial charge is 0.416 e. The number of alkyl halides is 4. The molecule has 0 amide bonds. The number of nitrogens with zero attached hydrogens (tertiary/aromatic N) is 2. The predicted molar refractivity (Wildman–Crippen MR) is 114 cm³/mol. The van der Waals surface area contributed by atoms with Gasteiger partial charge in [0.05, 0.1) is 23.8 Å². The molecule has 6 nitrogen and oxygen atoms in total. The Kier molecular flexibility index (Phi) is 8.10. The highest BCUT2D eigenvalue weighted by atomic mass is 32.2. The molecule has 0 spiro atoms. The second-order valence-electron chi connectivity index (χ2n) is 6.71. The van der Waals surface area contributed by atoms with Gasteiger partial charge in [0, 0.05) is 16.2 Å². The van der Waals surface area contributed by atoms with E-state index in [-0.39, 0.29) is 18.8 Å². The average molecular weight is 482 g/mol. The molecule has 174 valence electrons. The van der Waals surface area contributed by atoms with E-state index in [4.69, 9.17) is 14.5 Å². The summed E-state index contributed by atoms with van der Waals surface area (Å²) in [7, 11) is 0. The van der Waals surface area contributed by atoms with E-state index in [1.54, 1.807) is 18.2 Å². The monoisotopic (exact) mass is 482 g/mol. The van der Waals surface area contributed by atoms with Gasteiger partial charge in [-0.25, -0.2) is 4.39 Å². The molecule has 0 saturated heterocycles. The SMILES string of the molecule is O=C(O)Cc1cccc(SCc2noc(-c3ccc(C(F)(F)F)cc3)c2C=NOCCF)c1. The van der Waals surface area contributed by atoms with Crippen molar-refractivity contribution in [1.29, 1.82) is 0 Å². The number of halogens is 4. The van der Waals surface area contributed by atoms with Gasteiger partial charge < -0.3 is 14.5 Å². The summed E-state index contributed by atoms with van der Waals surface area (Å²) in [6.07, 6.45) is -3.31. The molecule has 11 heteroatoms. The van der Waals surface area contributed by atoms with Gasteiger partial charge in [-0.15, -0.1) is 11.8 Å². The van der Waals surface area contributed by atoms with Crippen molar-refractivity contribution in [3.63, 3.8) is 0 Å². The fraction of sp³-hybridized carbons (Fsp3) is 0.227. The highest BCUT2D eigenvalue weighted by molar-refractivity contribution is 7.98. The zero-order valence-corrected chi connectivity index (χ0v) is 17.8. The van der Waals surface area contributed by atoms with Crippen LogP contribution in [0.25, 0.3) is 11.3 Å². The van der Waals surface area contributed by atoms with Crippen molar-refractivity contribution in [1.82, 2.24) is 5.16 Å². The van der Waals surface area contributed by atoms with Gasteiger partial charge in [-0.3, -0.25) is 4.79 Å². The molecule has 0 radical (unpaired) electrons. The molecule has 1 N–H and O–H groups in total. The van der Waals surface area contributed by atoms with Gasteiger partial charge in [-0.1, -0.05) is 34.6 Å². The molecule has 0 fully saturated rings. The van der Waals surface area contributed by atoms with Gasteiger partial charge in [0.25, 0.3) is 0 Å². The van der Waals surface area contributed by atoms with E-state index in [0.717, 1.165) is 17.0 Å². The van der Waals surface area contributed by atoms with Crippen molar-refractivity contribution in [2.75, 3.05) is 13.3 Å². The van der Waals surface area contributed by atoms with Gasteiger partial charge in [-0.05, 0) is 29.8 Å². The van der Waals surface area contributed by atoms with Crippen LogP contribution in [-0.4, -0.2) is 35.7 Å². The first-order valence-electron chi connectivity index (χ1n) is 9.59. The number of hydrogen-bond acceptors (Lipinski definition) is 6. The van der Waals surface area contributed by atoms with E-state index in [2.05, 4.69) is 10.3 Å². The van der Waals surface area contributed by atoms with Crippen LogP contribution in [0.5, 0.6) is 0 Å². The number of carbonyl (C=O) groups is 1. The molecule has 1 aromatic heterocycles. The second-order valence-corrected chi connectivity index (χ2v) is 7.76. The molecule has 3 aromatic rings. The van der Waals surface area contributed by atoms with Crippen molar-refractivity contribution in [3.8, 4) is 11.3 Å². The quantitative estimate of drug-likeness (QED) is 0.133. The summed E-state index contributed by atoms with van der Waals surface area (Å²) in [5.41, 5.74) is 1.000. The molecule has 0 aliphatic carbocycles. The van der Waals surface area contributed by atoms with Crippen LogP contribution in [0.1, 0.15) is 22.4 Å². The third-order valence-electron chi connectivity index (χ3n) is 4.33. The Hall–Kier alpha value is -3.34. The van der Waals surface area contributed by atoms with Crippen molar-refractivity contribution < 1.29 is 36.8 Å². The third-order valence-corrected chi connectivity index (χ3v) is 5.34. The summed E-state index contributed by atoms with van der Waals surface area (Å²) in [5.74, 6) is -0.460. The van der Waals surface area contributed by atoms with Crippen LogP contribution in [0.3, 0.4) is 0 Å². The van der Waals surface area contributed by atoms with E-state index >= 15 is 0 Å². The minimum atomic E-state index is -4.47. The Balaban J connectivity index is 1.85. The molecule has 0 aliphatic rings. The first-order valence-corrected chi connectivity index (χ1v) is 10.6. The second kappa shape index (κ2) is 11.0. The number of oxime groups is 1. The lowest BCUT2D eigenvalue weighted by molar-refractivity contribution is -0.138. The van der Waals surface area contributed by atoms with Crippen LogP contribution in [0.2, 0.25) is 0 Å². The van der Waals surface area contributed by atoms with Crippen LogP contribution in [0.4, 0.5) is 17.6 Å². The number of carboxylic acids is 1. The summed E-state index contributed by atoms with van der Waals surface area (Å²) in [6, 6.07) is 11.4. The molecule has 3 rings (SSSR count). The van der Waals surface area contributed by atoms with Crippen LogP contribution in [0, 0.1) is 0 Å². The Morgan fingerprint density at radius 3 is 2.64 bits per heavy atom. The summed E-state index contributed by atoms with van der Waals surface area (Å²) in [4.78, 5) is 16.5. The highest BCUT2D eigenvalue weighted by Gasteiger charge is 2.30. The van der Waals surface area contributed by atoms with E-state index in [1.807, 2.05) is 6.07 Å². The first kappa shape index (κ1) is 24.3. The maximum atomic E-state index is 12.9. The number of benzene rings is 2. The van der Waals surface area contributed by atoms with Gasteiger partial charge in [0.15, 0.2) is 5.76 Å². The van der Waals surface area contributed by atoms with Gasteiger partial charge in [-0.2, -0.15) is 13.2 Å². The molecular formula is C22H18F4N2O4S. The number of thioether (sulfide) groups is 1. The maximum absolute atomic E-state index is 12.9. The minimum absolute atomic E-state index is 0.111. The summed E-state index contributed by atoms with van der Waals surface area (Å²) in [6.45, 7) is -0.986. The Labute approximate surface area is 190 Å². The van der Waals surface area contributed by atoms with E-state index < -0.39 is 24.4 Å². The maximum Gasteiger partial charge on any atom is 0.416 e. The van der Waals surface area contributed by atoms with Crippen molar-refractivity contribution in [3.05, 3.63) is 70.9 Å². The fourth-order valence-corrected chi connectivity index (χ4v) is 3.76. The lowest BCUT2D eigenvalue weighted by Crippen LogP contribution is -2.04. The van der Waals surface area contributed by atoms with Gasteiger partial charge in [0.2, 0.25) is 0 Å². The van der Waals surface area contributed by atoms with Gasteiger partial charge >= 0.3 is 12.1 Å². The highest BCUT2D eigenvalue weighted by Crippen LogP contribution is 2.33. The molecule has 1 heterocycles. The number of hydrogen-bond donors (Lipinski definition) is 1. The van der Waals surface area contributed by atoms with Crippen LogP contribution < -0.4 is 0 Å². The predicted octanol–water partition coefficient (Wildman–Crippen LogP) is 5.60. The Morgan fingerprint density at radius 2 is 1.97 bits per heavy atom. The number of aromatic nitrogens is 1. The van der Waals surface area contributed by atoms with Crippen molar-refractivity contribution in [2.45, 2.75) is 23.2 Å². The number of rotatable bonds is 10. The normalized spacial score (nSPS) is 11.8. The summed E-state index contributed by atoms with van der Waals surface area (Å²) >= 11 is 1.36. The molecule has 0 unspecified atom stereocenters. The van der Waals surface area contributed by atoms with Crippen LogP contribution in [0.15, 0.2) is 63.1 Å². The lowest BCUT2D eigenvalue weighted by atomic mass is 10.1. The third kappa shape index (κ3) is 6.82. The largest absolute Gasteiger partial charge is 0.481 e. The standard InChI is InChI=1S/C22H18F4N2O4S/c23-8-9-31-27-12-18-19(13-33-17-3-1-2-14(10-17)11-20(29)30)28-32-21(18)15-4-6-16(7-5-15)22(24,25)26/h1-7,10,12H,8-9,11,13H2,(H,29,30). The zero-order chi connectivity index (χ0) is 23.8. The summed E-state index contributed by atoms with van der Waals surface area (Å²) < 4.78 is 56.3. The van der Waals surface area contributed by atoms with Crippen LogP contribution >= 0.6 is 11.8 Å². The van der Waals surface area contributed by atoms with E-state index in [1.165, 1.54) is 30.1 Å². The molecule has 2 aromatic carbocycles. The Bertz CT molecular complexity index is 1110. The van der Waals surface area contributed by atoms with Crippen LogP contribution in [-0.2, 0) is 28.0 Å². The first-order chi connectivity index (χ1) is 15.8. The molecule has 0 saturated carbocycles. The number of aliphatic carboxylic acids is 1.